The van der Waals surface area contributed by atoms with Crippen LogP contribution in [0.4, 0.5) is 0 Å². The lowest BCUT2D eigenvalue weighted by Gasteiger charge is -2.49. The zero-order valence-electron chi connectivity index (χ0n) is 29.0. The highest BCUT2D eigenvalue weighted by atomic mass is 14.5. The average Bonchev–Trinajstić information content (AvgIpc) is 2.97. The molecule has 0 radical (unpaired) electrons. The van der Waals surface area contributed by atoms with Gasteiger partial charge in [0.05, 0.1) is 0 Å². The second-order valence-corrected chi connectivity index (χ2v) is 16.3. The Morgan fingerprint density at radius 3 is 1.93 bits per heavy atom. The Labute approximate surface area is 287 Å². The SMILES string of the molecule is C.C.C.C.CCCC1=C(C)C=C(C2CCCCCC(C)C(C3CCC(C(C)CC(C)C(C)CCC)CC3)C3CCCCC23)CC1. The van der Waals surface area contributed by atoms with Crippen LogP contribution in [0.15, 0.2) is 22.8 Å². The molecule has 0 saturated heterocycles. The Balaban J connectivity index is 0.00000484. The van der Waals surface area contributed by atoms with E-state index in [9.17, 15) is 0 Å². The van der Waals surface area contributed by atoms with Gasteiger partial charge in [-0.3, -0.25) is 0 Å². The van der Waals surface area contributed by atoms with E-state index in [1.54, 1.807) is 30.4 Å². The van der Waals surface area contributed by atoms with Crippen LogP contribution in [0.5, 0.6) is 0 Å². The molecule has 3 fully saturated rings. The van der Waals surface area contributed by atoms with Crippen molar-refractivity contribution in [1.29, 1.82) is 0 Å². The highest BCUT2D eigenvalue weighted by molar-refractivity contribution is 5.33. The van der Waals surface area contributed by atoms with E-state index in [0.29, 0.717) is 0 Å². The highest BCUT2D eigenvalue weighted by Gasteiger charge is 2.44. The van der Waals surface area contributed by atoms with Gasteiger partial charge in [0.25, 0.3) is 0 Å². The van der Waals surface area contributed by atoms with Crippen LogP contribution in [0.25, 0.3) is 0 Å². The highest BCUT2D eigenvalue weighted by Crippen LogP contribution is 2.53. The van der Waals surface area contributed by atoms with Gasteiger partial charge in [0.1, 0.15) is 0 Å². The summed E-state index contributed by atoms with van der Waals surface area (Å²) in [6.07, 6.45) is 32.0. The largest absolute Gasteiger partial charge is 0.0776 e. The second-order valence-electron chi connectivity index (χ2n) is 16.3. The van der Waals surface area contributed by atoms with E-state index in [0.717, 1.165) is 59.2 Å². The van der Waals surface area contributed by atoms with Gasteiger partial charge >= 0.3 is 0 Å². The molecule has 8 atom stereocenters. The lowest BCUT2D eigenvalue weighted by molar-refractivity contribution is 0.0167. The van der Waals surface area contributed by atoms with E-state index >= 15 is 0 Å². The van der Waals surface area contributed by atoms with E-state index in [1.807, 2.05) is 5.57 Å². The first kappa shape index (κ1) is 44.5. The summed E-state index contributed by atoms with van der Waals surface area (Å²) in [6.45, 7) is 17.6. The molecule has 0 spiro atoms. The Kier molecular flexibility index (Phi) is 21.9. The summed E-state index contributed by atoms with van der Waals surface area (Å²) < 4.78 is 0. The molecule has 0 amide bonds. The van der Waals surface area contributed by atoms with Gasteiger partial charge in [-0.25, -0.2) is 0 Å². The molecule has 0 aromatic rings. The monoisotopic (exact) mass is 629 g/mol. The maximum absolute atomic E-state index is 2.73. The van der Waals surface area contributed by atoms with E-state index in [-0.39, 0.29) is 29.7 Å². The Bertz CT molecular complexity index is 821. The Morgan fingerprint density at radius 1 is 0.689 bits per heavy atom. The van der Waals surface area contributed by atoms with Crippen molar-refractivity contribution in [3.05, 3.63) is 22.8 Å². The van der Waals surface area contributed by atoms with Gasteiger partial charge in [-0.1, -0.05) is 152 Å². The average molecular weight is 629 g/mol. The predicted molar refractivity (Wildman–Crippen MR) is 209 cm³/mol. The van der Waals surface area contributed by atoms with Crippen molar-refractivity contribution in [2.24, 2.45) is 59.2 Å². The summed E-state index contributed by atoms with van der Waals surface area (Å²) in [5.74, 6) is 9.50. The molecule has 0 aromatic carbocycles. The van der Waals surface area contributed by atoms with E-state index in [2.05, 4.69) is 54.5 Å². The minimum Gasteiger partial charge on any atom is -0.0776 e. The number of allylic oxidation sites excluding steroid dienone is 4. The standard InChI is InChI=1S/C41H72.4CH4/c1-8-15-29(3)31(5)27-32(6)35-21-24-36(25-22-35)41-30(4)17-11-10-12-18-38(39-19-13-14-20-40(39)41)37-26-23-34(16-9-2)33(7)28-37;;;;/h28-32,35-36,38-41H,8-27H2,1-7H3;4*1H4. The fourth-order valence-corrected chi connectivity index (χ4v) is 11.0. The second kappa shape index (κ2) is 22.2. The van der Waals surface area contributed by atoms with Crippen LogP contribution >= 0.6 is 0 Å². The summed E-state index contributed by atoms with van der Waals surface area (Å²) in [6, 6.07) is 0. The molecule has 4 aliphatic carbocycles. The van der Waals surface area contributed by atoms with Crippen molar-refractivity contribution < 1.29 is 0 Å². The van der Waals surface area contributed by atoms with Crippen molar-refractivity contribution in [1.82, 2.24) is 0 Å². The third-order valence-electron chi connectivity index (χ3n) is 13.5. The van der Waals surface area contributed by atoms with Crippen LogP contribution in [-0.2, 0) is 0 Å². The maximum Gasteiger partial charge on any atom is -0.0169 e. The van der Waals surface area contributed by atoms with Gasteiger partial charge in [-0.15, -0.1) is 0 Å². The fourth-order valence-electron chi connectivity index (χ4n) is 11.0. The minimum atomic E-state index is 0. The molecule has 45 heavy (non-hydrogen) atoms. The third-order valence-corrected chi connectivity index (χ3v) is 13.5. The quantitative estimate of drug-likeness (QED) is 0.226. The van der Waals surface area contributed by atoms with E-state index in [1.165, 1.54) is 109 Å². The smallest absolute Gasteiger partial charge is 0.0169 e. The number of hydrogen-bond donors (Lipinski definition) is 0. The van der Waals surface area contributed by atoms with Crippen LogP contribution in [-0.4, -0.2) is 0 Å². The first-order chi connectivity index (χ1) is 19.8. The van der Waals surface area contributed by atoms with Crippen molar-refractivity contribution in [3.8, 4) is 0 Å². The lowest BCUT2D eigenvalue weighted by atomic mass is 9.56. The molecule has 4 rings (SSSR count). The van der Waals surface area contributed by atoms with Crippen molar-refractivity contribution >= 4 is 0 Å². The Hall–Kier alpha value is -0.520. The first-order valence-electron chi connectivity index (χ1n) is 19.2. The van der Waals surface area contributed by atoms with Crippen LogP contribution in [0.1, 0.15) is 207 Å². The van der Waals surface area contributed by atoms with Crippen molar-refractivity contribution in [2.45, 2.75) is 207 Å². The van der Waals surface area contributed by atoms with Crippen LogP contribution in [0.2, 0.25) is 0 Å². The summed E-state index contributed by atoms with van der Waals surface area (Å²) in [4.78, 5) is 0. The molecule has 0 aliphatic heterocycles. The molecule has 8 unspecified atom stereocenters. The number of rotatable bonds is 10. The molecule has 0 bridgehead atoms. The predicted octanol–water partition coefficient (Wildman–Crippen LogP) is 15.9. The van der Waals surface area contributed by atoms with Crippen LogP contribution in [0.3, 0.4) is 0 Å². The molecular weight excluding hydrogens is 540 g/mol. The molecule has 0 nitrogen and oxygen atoms in total. The molecule has 0 N–H and O–H groups in total. The van der Waals surface area contributed by atoms with Gasteiger partial charge in [0.15, 0.2) is 0 Å². The van der Waals surface area contributed by atoms with Gasteiger partial charge in [-0.05, 0) is 137 Å². The van der Waals surface area contributed by atoms with E-state index in [4.69, 9.17) is 0 Å². The van der Waals surface area contributed by atoms with Crippen LogP contribution in [0, 0.1) is 59.2 Å². The van der Waals surface area contributed by atoms with Gasteiger partial charge in [0.2, 0.25) is 0 Å². The molecule has 268 valence electrons. The third kappa shape index (κ3) is 11.8. The summed E-state index contributed by atoms with van der Waals surface area (Å²) in [5.41, 5.74) is 5.30. The summed E-state index contributed by atoms with van der Waals surface area (Å²) in [7, 11) is 0. The molecule has 4 aliphatic rings. The molecule has 0 heterocycles. The normalized spacial score (nSPS) is 33.0. The summed E-state index contributed by atoms with van der Waals surface area (Å²) >= 11 is 0. The Morgan fingerprint density at radius 2 is 1.31 bits per heavy atom. The van der Waals surface area contributed by atoms with Gasteiger partial charge in [0, 0.05) is 0 Å². The number of hydrogen-bond acceptors (Lipinski definition) is 0. The zero-order valence-corrected chi connectivity index (χ0v) is 29.0. The van der Waals surface area contributed by atoms with Gasteiger partial charge in [-0.2, -0.15) is 0 Å². The molecule has 3 saturated carbocycles. The van der Waals surface area contributed by atoms with E-state index < -0.39 is 0 Å². The fraction of sp³-hybridized carbons (Fsp3) is 0.911. The minimum absolute atomic E-state index is 0. The molecule has 0 aromatic heterocycles. The van der Waals surface area contributed by atoms with Crippen molar-refractivity contribution in [2.75, 3.05) is 0 Å². The van der Waals surface area contributed by atoms with Gasteiger partial charge < -0.3 is 0 Å². The molecule has 0 heteroatoms. The first-order valence-corrected chi connectivity index (χ1v) is 19.2. The topological polar surface area (TPSA) is 0 Å². The maximum atomic E-state index is 2.73. The zero-order chi connectivity index (χ0) is 29.4. The summed E-state index contributed by atoms with van der Waals surface area (Å²) in [5, 5.41) is 0. The molecular formula is C45H88. The lowest BCUT2D eigenvalue weighted by Crippen LogP contribution is -2.41. The number of fused-ring (bicyclic) bond motifs is 1. The van der Waals surface area contributed by atoms with Crippen molar-refractivity contribution in [3.63, 3.8) is 0 Å². The van der Waals surface area contributed by atoms with Crippen LogP contribution < -0.4 is 0 Å².